The van der Waals surface area contributed by atoms with Crippen LogP contribution in [0.5, 0.6) is 0 Å². The maximum absolute atomic E-state index is 8.34. The van der Waals surface area contributed by atoms with E-state index in [0.29, 0.717) is 12.3 Å². The molecule has 1 rings (SSSR count). The number of rotatable bonds is 7. The second-order valence-electron chi connectivity index (χ2n) is 4.40. The molecule has 0 unspecified atom stereocenters. The molecule has 0 bridgehead atoms. The molecule has 0 aliphatic heterocycles. The number of amidine groups is 1. The summed E-state index contributed by atoms with van der Waals surface area (Å²) >= 11 is 1.74. The Morgan fingerprint density at radius 2 is 2.37 bits per heavy atom. The number of nitrogens with zero attached hydrogens (tertiary/aromatic N) is 4. The Labute approximate surface area is 118 Å². The van der Waals surface area contributed by atoms with Gasteiger partial charge >= 0.3 is 0 Å². The second kappa shape index (κ2) is 8.51. The lowest BCUT2D eigenvalue weighted by atomic mass is 10.2. The number of pyridine rings is 1. The Bertz CT molecular complexity index is 464. The number of aromatic nitrogens is 1. The van der Waals surface area contributed by atoms with Crippen LogP contribution in [0.15, 0.2) is 23.3 Å². The Morgan fingerprint density at radius 1 is 1.58 bits per heavy atom. The van der Waals surface area contributed by atoms with Crippen molar-refractivity contribution in [3.05, 3.63) is 29.6 Å². The van der Waals surface area contributed by atoms with E-state index in [4.69, 9.17) is 11.0 Å². The Hall–Kier alpha value is -1.58. The van der Waals surface area contributed by atoms with E-state index in [0.717, 1.165) is 23.7 Å². The summed E-state index contributed by atoms with van der Waals surface area (Å²) in [7, 11) is 4.10. The second-order valence-corrected chi connectivity index (χ2v) is 5.50. The van der Waals surface area contributed by atoms with Gasteiger partial charge in [-0.2, -0.15) is 22.0 Å². The van der Waals surface area contributed by atoms with Crippen LogP contribution in [0.2, 0.25) is 0 Å². The fourth-order valence-electron chi connectivity index (χ4n) is 1.54. The summed E-state index contributed by atoms with van der Waals surface area (Å²) in [5.41, 5.74) is 7.87. The van der Waals surface area contributed by atoms with E-state index in [2.05, 4.69) is 20.9 Å². The zero-order valence-corrected chi connectivity index (χ0v) is 12.2. The first kappa shape index (κ1) is 15.5. The summed E-state index contributed by atoms with van der Waals surface area (Å²) < 4.78 is 0. The first-order chi connectivity index (χ1) is 9.11. The van der Waals surface area contributed by atoms with Gasteiger partial charge in [-0.25, -0.2) is 0 Å². The van der Waals surface area contributed by atoms with Crippen molar-refractivity contribution < 1.29 is 0 Å². The Kier molecular flexibility index (Phi) is 6.93. The van der Waals surface area contributed by atoms with E-state index in [1.807, 2.05) is 26.4 Å². The average Bonchev–Trinajstić information content (AvgIpc) is 2.35. The van der Waals surface area contributed by atoms with Crippen LogP contribution in [-0.2, 0) is 12.3 Å². The normalized spacial score (nSPS) is 11.6. The molecule has 0 spiro atoms. The monoisotopic (exact) mass is 277 g/mol. The number of nitrogens with two attached hydrogens (primary N) is 1. The summed E-state index contributed by atoms with van der Waals surface area (Å²) in [6.07, 6.45) is 4.17. The summed E-state index contributed by atoms with van der Waals surface area (Å²) in [5.74, 6) is 2.09. The summed E-state index contributed by atoms with van der Waals surface area (Å²) in [5, 5.41) is 8.34. The lowest BCUT2D eigenvalue weighted by Crippen LogP contribution is -2.12. The molecular weight excluding hydrogens is 258 g/mol. The third kappa shape index (κ3) is 6.79. The van der Waals surface area contributed by atoms with Gasteiger partial charge in [-0.1, -0.05) is 0 Å². The van der Waals surface area contributed by atoms with E-state index in [1.165, 1.54) is 5.56 Å². The molecule has 1 aromatic heterocycles. The molecule has 19 heavy (non-hydrogen) atoms. The Morgan fingerprint density at radius 3 is 3.05 bits per heavy atom. The third-order valence-electron chi connectivity index (χ3n) is 2.33. The van der Waals surface area contributed by atoms with Crippen LogP contribution >= 0.6 is 11.8 Å². The molecule has 0 saturated heterocycles. The summed E-state index contributed by atoms with van der Waals surface area (Å²) in [6.45, 7) is 0.919. The van der Waals surface area contributed by atoms with E-state index >= 15 is 0 Å². The van der Waals surface area contributed by atoms with E-state index < -0.39 is 0 Å². The van der Waals surface area contributed by atoms with Crippen molar-refractivity contribution in [1.82, 2.24) is 9.88 Å². The SMILES string of the molecule is CN(C)Cc1ccnc(CSCCC(N)=NC#N)c1. The minimum absolute atomic E-state index is 0.393. The van der Waals surface area contributed by atoms with Gasteiger partial charge in [0.25, 0.3) is 0 Å². The van der Waals surface area contributed by atoms with Gasteiger partial charge in [0.1, 0.15) is 5.84 Å². The van der Waals surface area contributed by atoms with Gasteiger partial charge in [0.15, 0.2) is 0 Å². The van der Waals surface area contributed by atoms with Crippen molar-refractivity contribution in [3.8, 4) is 6.19 Å². The van der Waals surface area contributed by atoms with Gasteiger partial charge < -0.3 is 10.6 Å². The van der Waals surface area contributed by atoms with Crippen LogP contribution in [0.1, 0.15) is 17.7 Å². The predicted octanol–water partition coefficient (Wildman–Crippen LogP) is 1.60. The molecule has 1 aromatic rings. The van der Waals surface area contributed by atoms with Crippen molar-refractivity contribution in [3.63, 3.8) is 0 Å². The number of hydrogen-bond donors (Lipinski definition) is 1. The minimum Gasteiger partial charge on any atom is -0.386 e. The van der Waals surface area contributed by atoms with E-state index in [9.17, 15) is 0 Å². The van der Waals surface area contributed by atoms with E-state index in [-0.39, 0.29) is 0 Å². The van der Waals surface area contributed by atoms with Crippen LogP contribution in [0.25, 0.3) is 0 Å². The van der Waals surface area contributed by atoms with Crippen LogP contribution in [0, 0.1) is 11.5 Å². The molecule has 0 radical (unpaired) electrons. The molecule has 0 amide bonds. The maximum atomic E-state index is 8.34. The fourth-order valence-corrected chi connectivity index (χ4v) is 2.41. The minimum atomic E-state index is 0.393. The van der Waals surface area contributed by atoms with Crippen molar-refractivity contribution in [2.75, 3.05) is 19.8 Å². The number of hydrogen-bond acceptors (Lipinski definition) is 5. The zero-order chi connectivity index (χ0) is 14.1. The smallest absolute Gasteiger partial charge is 0.207 e. The molecule has 6 heteroatoms. The molecule has 0 saturated carbocycles. The lowest BCUT2D eigenvalue weighted by Gasteiger charge is -2.10. The average molecular weight is 277 g/mol. The molecule has 2 N–H and O–H groups in total. The van der Waals surface area contributed by atoms with Gasteiger partial charge in [0.2, 0.25) is 6.19 Å². The van der Waals surface area contributed by atoms with Crippen molar-refractivity contribution in [2.24, 2.45) is 10.7 Å². The highest BCUT2D eigenvalue weighted by molar-refractivity contribution is 7.98. The van der Waals surface area contributed by atoms with Crippen molar-refractivity contribution in [2.45, 2.75) is 18.7 Å². The molecule has 0 aliphatic rings. The van der Waals surface area contributed by atoms with Crippen molar-refractivity contribution >= 4 is 17.6 Å². The van der Waals surface area contributed by atoms with Crippen LogP contribution in [0.4, 0.5) is 0 Å². The number of aliphatic imine (C=N–C) groups is 1. The first-order valence-corrected chi connectivity index (χ1v) is 7.14. The van der Waals surface area contributed by atoms with Gasteiger partial charge in [0, 0.05) is 30.7 Å². The molecule has 1 heterocycles. The quantitative estimate of drug-likeness (QED) is 0.354. The van der Waals surface area contributed by atoms with Crippen LogP contribution in [0.3, 0.4) is 0 Å². The summed E-state index contributed by atoms with van der Waals surface area (Å²) in [4.78, 5) is 9.96. The van der Waals surface area contributed by atoms with Crippen molar-refractivity contribution in [1.29, 1.82) is 5.26 Å². The topological polar surface area (TPSA) is 78.3 Å². The van der Waals surface area contributed by atoms with Crippen LogP contribution in [-0.4, -0.2) is 35.6 Å². The molecule has 102 valence electrons. The highest BCUT2D eigenvalue weighted by Gasteiger charge is 2.00. The molecule has 0 atom stereocenters. The van der Waals surface area contributed by atoms with Gasteiger partial charge in [-0.15, -0.1) is 0 Å². The molecule has 0 aliphatic carbocycles. The fraction of sp³-hybridized carbons (Fsp3) is 0.462. The number of nitriles is 1. The van der Waals surface area contributed by atoms with Crippen LogP contribution < -0.4 is 5.73 Å². The number of thioether (sulfide) groups is 1. The van der Waals surface area contributed by atoms with Gasteiger partial charge in [0.05, 0.1) is 5.69 Å². The standard InChI is InChI=1S/C13H19N5S/c1-18(2)8-11-3-5-16-12(7-11)9-19-6-4-13(15)17-10-14/h3,5,7H,4,6,8-9H2,1-2H3,(H2,15,17). The van der Waals surface area contributed by atoms with Gasteiger partial charge in [-0.3, -0.25) is 4.98 Å². The summed E-state index contributed by atoms with van der Waals surface area (Å²) in [6, 6.07) is 4.16. The Balaban J connectivity index is 2.37. The lowest BCUT2D eigenvalue weighted by molar-refractivity contribution is 0.402. The molecule has 0 aromatic carbocycles. The first-order valence-electron chi connectivity index (χ1n) is 5.99. The highest BCUT2D eigenvalue weighted by Crippen LogP contribution is 2.13. The largest absolute Gasteiger partial charge is 0.386 e. The van der Waals surface area contributed by atoms with Gasteiger partial charge in [-0.05, 0) is 31.8 Å². The molecular formula is C13H19N5S. The molecule has 0 fully saturated rings. The van der Waals surface area contributed by atoms with E-state index in [1.54, 1.807) is 18.0 Å². The molecule has 5 nitrogen and oxygen atoms in total. The predicted molar refractivity (Wildman–Crippen MR) is 79.6 cm³/mol. The zero-order valence-electron chi connectivity index (χ0n) is 11.3. The highest BCUT2D eigenvalue weighted by atomic mass is 32.2. The maximum Gasteiger partial charge on any atom is 0.207 e. The third-order valence-corrected chi connectivity index (χ3v) is 3.32.